The van der Waals surface area contributed by atoms with Crippen molar-refractivity contribution in [3.63, 3.8) is 0 Å². The van der Waals surface area contributed by atoms with Crippen LogP contribution in [0.25, 0.3) is 0 Å². The third-order valence-corrected chi connectivity index (χ3v) is 2.83. The van der Waals surface area contributed by atoms with E-state index in [1.54, 1.807) is 6.92 Å². The molecule has 0 N–H and O–H groups in total. The third-order valence-electron chi connectivity index (χ3n) is 2.83. The van der Waals surface area contributed by atoms with Crippen LogP contribution in [0.2, 0.25) is 0 Å². The maximum Gasteiger partial charge on any atom is 0.305 e. The van der Waals surface area contributed by atoms with Gasteiger partial charge in [-0.3, -0.25) is 4.79 Å². The lowest BCUT2D eigenvalue weighted by molar-refractivity contribution is -0.149. The first-order chi connectivity index (χ1) is 8.82. The Labute approximate surface area is 115 Å². The molecule has 0 aliphatic rings. The SMILES string of the molecule is CCC(=O)OC(C)COc1ccc(C(C)(C)C)cc1. The molecule has 0 aromatic heterocycles. The summed E-state index contributed by atoms with van der Waals surface area (Å²) in [5.41, 5.74) is 1.41. The Morgan fingerprint density at radius 3 is 2.26 bits per heavy atom. The van der Waals surface area contributed by atoms with Crippen molar-refractivity contribution in [3.05, 3.63) is 29.8 Å². The minimum Gasteiger partial charge on any atom is -0.490 e. The van der Waals surface area contributed by atoms with Crippen LogP contribution < -0.4 is 4.74 Å². The fourth-order valence-corrected chi connectivity index (χ4v) is 1.61. The van der Waals surface area contributed by atoms with Gasteiger partial charge in [0.05, 0.1) is 0 Å². The molecular formula is C16H24O3. The number of esters is 1. The van der Waals surface area contributed by atoms with Crippen molar-refractivity contribution >= 4 is 5.97 Å². The van der Waals surface area contributed by atoms with Crippen molar-refractivity contribution in [2.75, 3.05) is 6.61 Å². The molecule has 1 unspecified atom stereocenters. The number of carbonyl (C=O) groups excluding carboxylic acids is 1. The Kier molecular flexibility index (Phi) is 5.40. The molecule has 0 saturated heterocycles. The topological polar surface area (TPSA) is 35.5 Å². The van der Waals surface area contributed by atoms with Gasteiger partial charge in [-0.05, 0) is 30.0 Å². The smallest absolute Gasteiger partial charge is 0.305 e. The summed E-state index contributed by atoms with van der Waals surface area (Å²) in [6, 6.07) is 8.04. The van der Waals surface area contributed by atoms with E-state index in [1.165, 1.54) is 5.56 Å². The second-order valence-electron chi connectivity index (χ2n) is 5.74. The van der Waals surface area contributed by atoms with Crippen molar-refractivity contribution in [1.29, 1.82) is 0 Å². The van der Waals surface area contributed by atoms with E-state index in [0.29, 0.717) is 13.0 Å². The zero-order valence-electron chi connectivity index (χ0n) is 12.5. The second-order valence-corrected chi connectivity index (χ2v) is 5.74. The molecular weight excluding hydrogens is 240 g/mol. The number of ether oxygens (including phenoxy) is 2. The first kappa shape index (κ1) is 15.5. The Hall–Kier alpha value is -1.51. The first-order valence-corrected chi connectivity index (χ1v) is 6.75. The van der Waals surface area contributed by atoms with Crippen LogP contribution in [0.3, 0.4) is 0 Å². The Morgan fingerprint density at radius 1 is 1.21 bits per heavy atom. The van der Waals surface area contributed by atoms with Gasteiger partial charge in [0.15, 0.2) is 0 Å². The minimum atomic E-state index is -0.227. The molecule has 0 amide bonds. The number of benzene rings is 1. The van der Waals surface area contributed by atoms with Gasteiger partial charge in [0.2, 0.25) is 0 Å². The van der Waals surface area contributed by atoms with Crippen LogP contribution in [0.5, 0.6) is 5.75 Å². The van der Waals surface area contributed by atoms with Crippen LogP contribution in [-0.4, -0.2) is 18.7 Å². The molecule has 0 saturated carbocycles. The number of carbonyl (C=O) groups is 1. The molecule has 1 atom stereocenters. The molecule has 0 radical (unpaired) electrons. The van der Waals surface area contributed by atoms with Gasteiger partial charge in [-0.1, -0.05) is 39.8 Å². The molecule has 0 bridgehead atoms. The number of hydrogen-bond acceptors (Lipinski definition) is 3. The maximum atomic E-state index is 11.1. The van der Waals surface area contributed by atoms with Crippen LogP contribution >= 0.6 is 0 Å². The third kappa shape index (κ3) is 5.33. The molecule has 1 aromatic carbocycles. The highest BCUT2D eigenvalue weighted by Gasteiger charge is 2.13. The van der Waals surface area contributed by atoms with Crippen LogP contribution in [0.4, 0.5) is 0 Å². The van der Waals surface area contributed by atoms with Crippen molar-refractivity contribution in [3.8, 4) is 5.75 Å². The molecule has 0 fully saturated rings. The predicted octanol–water partition coefficient (Wildman–Crippen LogP) is 3.70. The summed E-state index contributed by atoms with van der Waals surface area (Å²) in [4.78, 5) is 11.1. The summed E-state index contributed by atoms with van der Waals surface area (Å²) in [7, 11) is 0. The summed E-state index contributed by atoms with van der Waals surface area (Å²) in [6.45, 7) is 10.5. The molecule has 0 spiro atoms. The van der Waals surface area contributed by atoms with Gasteiger partial charge in [0.25, 0.3) is 0 Å². The van der Waals surface area contributed by atoms with Crippen LogP contribution in [-0.2, 0) is 14.9 Å². The summed E-state index contributed by atoms with van der Waals surface area (Å²) >= 11 is 0. The highest BCUT2D eigenvalue weighted by atomic mass is 16.6. The zero-order valence-corrected chi connectivity index (χ0v) is 12.5. The quantitative estimate of drug-likeness (QED) is 0.761. The van der Waals surface area contributed by atoms with Crippen LogP contribution in [0.15, 0.2) is 24.3 Å². The largest absolute Gasteiger partial charge is 0.490 e. The Bertz CT molecular complexity index is 401. The lowest BCUT2D eigenvalue weighted by Crippen LogP contribution is -2.21. The van der Waals surface area contributed by atoms with E-state index in [2.05, 4.69) is 32.9 Å². The van der Waals surface area contributed by atoms with Gasteiger partial charge in [0, 0.05) is 6.42 Å². The standard InChI is InChI=1S/C16H24O3/c1-6-15(17)19-12(2)11-18-14-9-7-13(8-10-14)16(3,4)5/h7-10,12H,6,11H2,1-5H3. The molecule has 0 heterocycles. The average Bonchev–Trinajstić information content (AvgIpc) is 2.35. The number of hydrogen-bond donors (Lipinski definition) is 0. The highest BCUT2D eigenvalue weighted by molar-refractivity contribution is 5.69. The normalized spacial score (nSPS) is 12.9. The molecule has 106 valence electrons. The molecule has 0 aliphatic carbocycles. The van der Waals surface area contributed by atoms with Crippen molar-refractivity contribution in [1.82, 2.24) is 0 Å². The zero-order chi connectivity index (χ0) is 14.5. The van der Waals surface area contributed by atoms with E-state index >= 15 is 0 Å². The van der Waals surface area contributed by atoms with Crippen molar-refractivity contribution in [2.24, 2.45) is 0 Å². The van der Waals surface area contributed by atoms with Gasteiger partial charge < -0.3 is 9.47 Å². The van der Waals surface area contributed by atoms with E-state index in [4.69, 9.17) is 9.47 Å². The number of rotatable bonds is 5. The van der Waals surface area contributed by atoms with E-state index in [0.717, 1.165) is 5.75 Å². The fraction of sp³-hybridized carbons (Fsp3) is 0.562. The van der Waals surface area contributed by atoms with Gasteiger partial charge >= 0.3 is 5.97 Å². The lowest BCUT2D eigenvalue weighted by atomic mass is 9.87. The molecule has 3 nitrogen and oxygen atoms in total. The first-order valence-electron chi connectivity index (χ1n) is 6.75. The van der Waals surface area contributed by atoms with E-state index in [-0.39, 0.29) is 17.5 Å². The fourth-order valence-electron chi connectivity index (χ4n) is 1.61. The van der Waals surface area contributed by atoms with Gasteiger partial charge in [-0.15, -0.1) is 0 Å². The summed E-state index contributed by atoms with van der Waals surface area (Å²) in [5, 5.41) is 0. The van der Waals surface area contributed by atoms with Crippen LogP contribution in [0, 0.1) is 0 Å². The van der Waals surface area contributed by atoms with Gasteiger partial charge in [-0.25, -0.2) is 0 Å². The molecule has 1 rings (SSSR count). The summed E-state index contributed by atoms with van der Waals surface area (Å²) in [6.07, 6.45) is 0.166. The Balaban J connectivity index is 2.48. The van der Waals surface area contributed by atoms with Crippen molar-refractivity contribution < 1.29 is 14.3 Å². The summed E-state index contributed by atoms with van der Waals surface area (Å²) in [5.74, 6) is 0.603. The lowest BCUT2D eigenvalue weighted by Gasteiger charge is -2.19. The molecule has 1 aromatic rings. The average molecular weight is 264 g/mol. The highest BCUT2D eigenvalue weighted by Crippen LogP contribution is 2.24. The van der Waals surface area contributed by atoms with Crippen LogP contribution in [0.1, 0.15) is 46.6 Å². The Morgan fingerprint density at radius 2 is 1.79 bits per heavy atom. The molecule has 0 aliphatic heterocycles. The monoisotopic (exact) mass is 264 g/mol. The summed E-state index contributed by atoms with van der Waals surface area (Å²) < 4.78 is 10.7. The predicted molar refractivity (Wildman–Crippen MR) is 76.5 cm³/mol. The van der Waals surface area contributed by atoms with E-state index < -0.39 is 0 Å². The van der Waals surface area contributed by atoms with Gasteiger partial charge in [0.1, 0.15) is 18.5 Å². The molecule has 19 heavy (non-hydrogen) atoms. The second kappa shape index (κ2) is 6.60. The van der Waals surface area contributed by atoms with E-state index in [1.807, 2.05) is 19.1 Å². The van der Waals surface area contributed by atoms with Gasteiger partial charge in [-0.2, -0.15) is 0 Å². The maximum absolute atomic E-state index is 11.1. The van der Waals surface area contributed by atoms with Crippen molar-refractivity contribution in [2.45, 2.75) is 52.6 Å². The molecule has 3 heteroatoms. The van der Waals surface area contributed by atoms with E-state index in [9.17, 15) is 4.79 Å². The minimum absolute atomic E-state index is 0.141.